The largest absolute Gasteiger partial charge is 0.396 e. The van der Waals surface area contributed by atoms with Gasteiger partial charge in [-0.25, -0.2) is 0 Å². The summed E-state index contributed by atoms with van der Waals surface area (Å²) in [5.74, 6) is 0.613. The Labute approximate surface area is 475 Å². The molecule has 0 aromatic rings. The third kappa shape index (κ3) is 48.7. The molecule has 0 spiro atoms. The summed E-state index contributed by atoms with van der Waals surface area (Å²) in [6.45, 7) is 36.9. The normalized spacial score (nSPS) is 15.4. The molecule has 1 atom stereocenters. The van der Waals surface area contributed by atoms with Crippen LogP contribution in [0.5, 0.6) is 0 Å². The van der Waals surface area contributed by atoms with Crippen molar-refractivity contribution in [1.29, 1.82) is 0 Å². The summed E-state index contributed by atoms with van der Waals surface area (Å²) in [5, 5.41) is 9.09. The minimum atomic E-state index is 0.310. The van der Waals surface area contributed by atoms with E-state index in [4.69, 9.17) is 5.11 Å². The van der Waals surface area contributed by atoms with Crippen LogP contribution in [0.15, 0.2) is 163 Å². The van der Waals surface area contributed by atoms with Crippen molar-refractivity contribution in [2.24, 2.45) is 5.92 Å². The number of aliphatic hydroxyl groups is 1. The quantitative estimate of drug-likeness (QED) is 0.0603. The first-order valence-corrected chi connectivity index (χ1v) is 31.1. The maximum Gasteiger partial charge on any atom is 0.0433 e. The van der Waals surface area contributed by atoms with E-state index < -0.39 is 0 Å². The van der Waals surface area contributed by atoms with Crippen molar-refractivity contribution in [3.63, 3.8) is 0 Å². The highest BCUT2D eigenvalue weighted by Crippen LogP contribution is 2.21. The molecule has 0 aliphatic rings. The smallest absolute Gasteiger partial charge is 0.0433 e. The lowest BCUT2D eigenvalue weighted by Crippen LogP contribution is -1.97. The SMILES string of the molecule is CC(C)=CCC/C(C)=C/CC/C(C)=C/CC/C(C)=C\CC/C(C)=C\CC/C(C)=C\CC/C(C)=C\CC/C(C)=C\CC/C(C)=C\CC/C(C)=C\CC/C(C)=C\CC/C(C)=C\CC/C(C)=C\CC/C(C)=C\CCC(C)CCO. The number of allylic oxidation sites excluding steroid dienone is 28. The standard InChI is InChI=1S/C75H124O/c1-61(2)31-17-32-62(3)33-18-34-63(4)35-19-36-64(5)37-20-38-65(6)39-21-40-66(7)41-22-42-67(8)43-23-44-68(9)45-24-46-69(10)47-25-48-70(11)49-26-50-71(12)51-27-52-72(13)53-28-54-73(14)55-29-56-74(15)57-30-58-75(16)59-60-76/h31,33,35,37,39,41,43,45,47,49,51,53,55,57,75-76H,17-30,32,34,36,38,40,42,44,46,48,50,52,54,56,58-60H2,1-16H3/b62-33+,63-35+,64-37-,65-39-,66-41-,67-43-,68-45-,69-47-,70-49-,71-51-,72-53-,73-55-,74-57-. The van der Waals surface area contributed by atoms with E-state index in [1.165, 1.54) is 168 Å². The molecule has 1 nitrogen and oxygen atoms in total. The second-order valence-corrected chi connectivity index (χ2v) is 24.1. The van der Waals surface area contributed by atoms with Crippen LogP contribution in [0.25, 0.3) is 0 Å². The highest BCUT2D eigenvalue weighted by molar-refractivity contribution is 5.13. The first-order valence-electron chi connectivity index (χ1n) is 31.1. The molecular weight excluding hydrogens is 917 g/mol. The Morgan fingerprint density at radius 2 is 0.368 bits per heavy atom. The van der Waals surface area contributed by atoms with Crippen molar-refractivity contribution in [3.05, 3.63) is 163 Å². The van der Waals surface area contributed by atoms with Crippen LogP contribution in [0.2, 0.25) is 0 Å². The molecular formula is C75H124O. The summed E-state index contributed by atoms with van der Waals surface area (Å²) in [6.07, 6.45) is 67.8. The van der Waals surface area contributed by atoms with Gasteiger partial charge in [0.25, 0.3) is 0 Å². The minimum absolute atomic E-state index is 0.310. The molecule has 0 saturated heterocycles. The average Bonchev–Trinajstić information content (AvgIpc) is 3.34. The van der Waals surface area contributed by atoms with E-state index in [2.05, 4.69) is 196 Å². The van der Waals surface area contributed by atoms with E-state index >= 15 is 0 Å². The van der Waals surface area contributed by atoms with Gasteiger partial charge in [0.15, 0.2) is 0 Å². The van der Waals surface area contributed by atoms with Crippen LogP contribution in [0.3, 0.4) is 0 Å². The Morgan fingerprint density at radius 1 is 0.224 bits per heavy atom. The summed E-state index contributed by atoms with van der Waals surface area (Å²) < 4.78 is 0. The van der Waals surface area contributed by atoms with Crippen LogP contribution >= 0.6 is 0 Å². The average molecular weight is 1040 g/mol. The molecule has 0 heterocycles. The second-order valence-electron chi connectivity index (χ2n) is 24.1. The van der Waals surface area contributed by atoms with E-state index in [1.807, 2.05) is 0 Å². The van der Waals surface area contributed by atoms with Crippen molar-refractivity contribution >= 4 is 0 Å². The van der Waals surface area contributed by atoms with Crippen LogP contribution in [0.1, 0.15) is 297 Å². The first kappa shape index (κ1) is 72.3. The number of rotatable bonds is 44. The Balaban J connectivity index is 4.31. The fourth-order valence-corrected chi connectivity index (χ4v) is 9.45. The van der Waals surface area contributed by atoms with E-state index in [0.717, 1.165) is 96.3 Å². The van der Waals surface area contributed by atoms with Gasteiger partial charge in [-0.1, -0.05) is 170 Å². The highest BCUT2D eigenvalue weighted by atomic mass is 16.3. The summed E-state index contributed by atoms with van der Waals surface area (Å²) in [6, 6.07) is 0. The predicted octanol–water partition coefficient (Wildman–Crippen LogP) is 25.2. The molecule has 76 heavy (non-hydrogen) atoms. The lowest BCUT2D eigenvalue weighted by atomic mass is 10.0. The topological polar surface area (TPSA) is 20.2 Å². The Kier molecular flexibility index (Phi) is 46.1. The minimum Gasteiger partial charge on any atom is -0.396 e. The van der Waals surface area contributed by atoms with Gasteiger partial charge < -0.3 is 5.11 Å². The van der Waals surface area contributed by atoms with Gasteiger partial charge in [0.2, 0.25) is 0 Å². The van der Waals surface area contributed by atoms with E-state index in [9.17, 15) is 0 Å². The number of hydrogen-bond donors (Lipinski definition) is 1. The Morgan fingerprint density at radius 3 is 0.513 bits per heavy atom. The zero-order valence-electron chi connectivity index (χ0n) is 53.3. The second kappa shape index (κ2) is 48.4. The van der Waals surface area contributed by atoms with E-state index in [0.29, 0.717) is 12.5 Å². The maximum absolute atomic E-state index is 9.09. The fourth-order valence-electron chi connectivity index (χ4n) is 9.45. The van der Waals surface area contributed by atoms with Crippen LogP contribution in [0, 0.1) is 5.92 Å². The molecule has 0 aliphatic carbocycles. The maximum atomic E-state index is 9.09. The van der Waals surface area contributed by atoms with Crippen LogP contribution in [-0.2, 0) is 0 Å². The van der Waals surface area contributed by atoms with Crippen molar-refractivity contribution in [1.82, 2.24) is 0 Å². The van der Waals surface area contributed by atoms with Gasteiger partial charge in [0.1, 0.15) is 0 Å². The molecule has 0 saturated carbocycles. The Bertz CT molecular complexity index is 2000. The van der Waals surface area contributed by atoms with Gasteiger partial charge in [-0.3, -0.25) is 0 Å². The molecule has 1 unspecified atom stereocenters. The summed E-state index contributed by atoms with van der Waals surface area (Å²) in [7, 11) is 0. The molecule has 1 heteroatoms. The highest BCUT2D eigenvalue weighted by Gasteiger charge is 2.02. The van der Waals surface area contributed by atoms with Gasteiger partial charge in [-0.2, -0.15) is 0 Å². The predicted molar refractivity (Wildman–Crippen MR) is 348 cm³/mol. The zero-order chi connectivity index (χ0) is 56.8. The molecule has 0 radical (unpaired) electrons. The number of hydrogen-bond acceptors (Lipinski definition) is 1. The van der Waals surface area contributed by atoms with Crippen LogP contribution in [0.4, 0.5) is 0 Å². The lowest BCUT2D eigenvalue weighted by molar-refractivity contribution is 0.259. The lowest BCUT2D eigenvalue weighted by Gasteiger charge is -2.07. The van der Waals surface area contributed by atoms with Crippen molar-refractivity contribution < 1.29 is 5.11 Å². The molecule has 430 valence electrons. The molecule has 0 bridgehead atoms. The first-order chi connectivity index (χ1) is 36.3. The molecule has 0 amide bonds. The van der Waals surface area contributed by atoms with Gasteiger partial charge in [0.05, 0.1) is 0 Å². The molecule has 0 fully saturated rings. The van der Waals surface area contributed by atoms with Gasteiger partial charge in [-0.15, -0.1) is 0 Å². The third-order valence-corrected chi connectivity index (χ3v) is 15.2. The van der Waals surface area contributed by atoms with E-state index in [-0.39, 0.29) is 0 Å². The molecule has 0 rings (SSSR count). The van der Waals surface area contributed by atoms with Crippen LogP contribution in [-0.4, -0.2) is 11.7 Å². The Hall–Kier alpha value is -3.68. The fraction of sp³-hybridized carbons (Fsp3) is 0.627. The van der Waals surface area contributed by atoms with Gasteiger partial charge in [0, 0.05) is 6.61 Å². The monoisotopic (exact) mass is 1040 g/mol. The van der Waals surface area contributed by atoms with Crippen molar-refractivity contribution in [2.45, 2.75) is 297 Å². The number of aliphatic hydroxyl groups excluding tert-OH is 1. The molecule has 0 aliphatic heterocycles. The molecule has 0 aromatic carbocycles. The van der Waals surface area contributed by atoms with Crippen LogP contribution < -0.4 is 0 Å². The third-order valence-electron chi connectivity index (χ3n) is 15.2. The summed E-state index contributed by atoms with van der Waals surface area (Å²) in [5.41, 5.74) is 21.3. The van der Waals surface area contributed by atoms with Gasteiger partial charge >= 0.3 is 0 Å². The molecule has 1 N–H and O–H groups in total. The summed E-state index contributed by atoms with van der Waals surface area (Å²) >= 11 is 0. The summed E-state index contributed by atoms with van der Waals surface area (Å²) in [4.78, 5) is 0. The molecule has 0 aromatic heterocycles. The zero-order valence-corrected chi connectivity index (χ0v) is 53.3. The van der Waals surface area contributed by atoms with Gasteiger partial charge in [-0.05, 0) is 296 Å². The van der Waals surface area contributed by atoms with E-state index in [1.54, 1.807) is 0 Å². The van der Waals surface area contributed by atoms with Crippen molar-refractivity contribution in [2.75, 3.05) is 6.61 Å². The van der Waals surface area contributed by atoms with Crippen molar-refractivity contribution in [3.8, 4) is 0 Å².